The Labute approximate surface area is 198 Å². The summed E-state index contributed by atoms with van der Waals surface area (Å²) in [5.74, 6) is -1.91. The van der Waals surface area contributed by atoms with Crippen molar-refractivity contribution in [2.75, 3.05) is 13.3 Å². The summed E-state index contributed by atoms with van der Waals surface area (Å²) < 4.78 is 49.5. The largest absolute Gasteiger partial charge is 0.490 e. The van der Waals surface area contributed by atoms with Crippen LogP contribution in [0.4, 0.5) is 13.2 Å². The normalized spacial score (nSPS) is 22.0. The second-order valence-corrected chi connectivity index (χ2v) is 9.17. The first-order valence-electron chi connectivity index (χ1n) is 10.8. The number of benzene rings is 2. The van der Waals surface area contributed by atoms with Crippen molar-refractivity contribution in [2.24, 2.45) is 5.92 Å². The van der Waals surface area contributed by atoms with Gasteiger partial charge in [-0.3, -0.25) is 0 Å². The fourth-order valence-corrected chi connectivity index (χ4v) is 4.76. The molecule has 2 aromatic rings. The molecule has 0 amide bonds. The van der Waals surface area contributed by atoms with E-state index in [9.17, 15) is 9.50 Å². The minimum atomic E-state index is -1.46. The van der Waals surface area contributed by atoms with Crippen molar-refractivity contribution in [1.29, 1.82) is 0 Å². The predicted octanol–water partition coefficient (Wildman–Crippen LogP) is 6.41. The zero-order valence-electron chi connectivity index (χ0n) is 19.0. The Hall–Kier alpha value is -2.44. The summed E-state index contributed by atoms with van der Waals surface area (Å²) in [5, 5.41) is 9.99. The van der Waals surface area contributed by atoms with Crippen molar-refractivity contribution in [3.05, 3.63) is 77.9 Å². The maximum absolute atomic E-state index is 15.4. The lowest BCUT2D eigenvalue weighted by Crippen LogP contribution is -2.58. The lowest BCUT2D eigenvalue weighted by Gasteiger charge is -2.52. The number of ether oxygens (including phenoxy) is 1. The first-order valence-corrected chi connectivity index (χ1v) is 11.3. The standard InChI is InChI=1S/C26H29ClF3NO2/c1-5-18(28)14-33-19-11-21(29)24(22(30)12-19)25-20(17-9-7-6-8-10-17)13-23(27)26(4,16(2)3)31(25)15-32/h5-12,16,18,23,32H,1,13-15H2,2-4H3. The van der Waals surface area contributed by atoms with Crippen LogP contribution in [-0.4, -0.2) is 40.4 Å². The van der Waals surface area contributed by atoms with E-state index in [-0.39, 0.29) is 22.9 Å². The Balaban J connectivity index is 2.23. The number of rotatable bonds is 8. The topological polar surface area (TPSA) is 32.7 Å². The highest BCUT2D eigenvalue weighted by atomic mass is 35.5. The molecule has 0 aromatic heterocycles. The lowest BCUT2D eigenvalue weighted by molar-refractivity contribution is 0.0317. The number of hydrogen-bond acceptors (Lipinski definition) is 3. The first-order chi connectivity index (χ1) is 15.6. The summed E-state index contributed by atoms with van der Waals surface area (Å²) in [6, 6.07) is 11.3. The summed E-state index contributed by atoms with van der Waals surface area (Å²) >= 11 is 6.84. The molecule has 0 spiro atoms. The van der Waals surface area contributed by atoms with Crippen LogP contribution in [0.15, 0.2) is 55.1 Å². The van der Waals surface area contributed by atoms with Crippen LogP contribution in [0.5, 0.6) is 5.75 Å². The van der Waals surface area contributed by atoms with Crippen molar-refractivity contribution >= 4 is 22.9 Å². The Kier molecular flexibility index (Phi) is 7.80. The van der Waals surface area contributed by atoms with Gasteiger partial charge in [0.25, 0.3) is 0 Å². The molecule has 1 heterocycles. The van der Waals surface area contributed by atoms with Gasteiger partial charge in [-0.2, -0.15) is 0 Å². The maximum atomic E-state index is 15.4. The SMILES string of the molecule is C=CC(F)COc1cc(F)c(C2=C(c3ccccc3)CC(Cl)C(C)(C(C)C)N2CO)c(F)c1. The zero-order chi connectivity index (χ0) is 24.3. The van der Waals surface area contributed by atoms with Gasteiger partial charge in [0.1, 0.15) is 30.7 Å². The third-order valence-electron chi connectivity index (χ3n) is 6.50. The third-order valence-corrected chi connectivity index (χ3v) is 7.10. The summed E-state index contributed by atoms with van der Waals surface area (Å²) in [6.07, 6.45) is -0.0561. The summed E-state index contributed by atoms with van der Waals surface area (Å²) in [6.45, 7) is 8.24. The van der Waals surface area contributed by atoms with Crippen molar-refractivity contribution in [3.63, 3.8) is 0 Å². The molecule has 2 aromatic carbocycles. The van der Waals surface area contributed by atoms with Crippen molar-refractivity contribution in [1.82, 2.24) is 4.90 Å². The van der Waals surface area contributed by atoms with Crippen molar-refractivity contribution in [2.45, 2.75) is 44.3 Å². The van der Waals surface area contributed by atoms with Crippen molar-refractivity contribution < 1.29 is 23.0 Å². The highest BCUT2D eigenvalue weighted by Gasteiger charge is 2.48. The third kappa shape index (κ3) is 4.78. The van der Waals surface area contributed by atoms with Gasteiger partial charge < -0.3 is 14.7 Å². The monoisotopic (exact) mass is 479 g/mol. The highest BCUT2D eigenvalue weighted by Crippen LogP contribution is 2.49. The zero-order valence-corrected chi connectivity index (χ0v) is 19.7. The number of nitrogens with zero attached hydrogens (tertiary/aromatic N) is 1. The Morgan fingerprint density at radius 1 is 1.24 bits per heavy atom. The van der Waals surface area contributed by atoms with E-state index in [1.807, 2.05) is 51.1 Å². The second-order valence-electron chi connectivity index (χ2n) is 8.64. The molecule has 0 saturated carbocycles. The number of hydrogen-bond donors (Lipinski definition) is 1. The average molecular weight is 480 g/mol. The van der Waals surface area contributed by atoms with Crippen LogP contribution >= 0.6 is 11.6 Å². The Bertz CT molecular complexity index is 1000. The van der Waals surface area contributed by atoms with E-state index in [0.717, 1.165) is 23.8 Å². The second kappa shape index (κ2) is 10.2. The number of aliphatic hydroxyl groups is 1. The first kappa shape index (κ1) is 25.2. The fraction of sp³-hybridized carbons (Fsp3) is 0.385. The molecule has 3 rings (SSSR count). The summed E-state index contributed by atoms with van der Waals surface area (Å²) in [5.41, 5.74) is 0.570. The molecule has 0 fully saturated rings. The molecule has 7 heteroatoms. The van der Waals surface area contributed by atoms with Gasteiger partial charge in [0.2, 0.25) is 0 Å². The molecule has 3 nitrogen and oxygen atoms in total. The molecule has 1 N–H and O–H groups in total. The average Bonchev–Trinajstić information content (AvgIpc) is 2.79. The molecule has 0 bridgehead atoms. The van der Waals surface area contributed by atoms with Crippen LogP contribution < -0.4 is 4.74 Å². The van der Waals surface area contributed by atoms with Crippen LogP contribution in [0.3, 0.4) is 0 Å². The fourth-order valence-electron chi connectivity index (χ4n) is 4.23. The van der Waals surface area contributed by atoms with E-state index in [1.165, 1.54) is 0 Å². The van der Waals surface area contributed by atoms with Gasteiger partial charge in [-0.25, -0.2) is 13.2 Å². The van der Waals surface area contributed by atoms with E-state index in [0.29, 0.717) is 12.0 Å². The van der Waals surface area contributed by atoms with Crippen LogP contribution in [0, 0.1) is 17.6 Å². The molecule has 3 atom stereocenters. The van der Waals surface area contributed by atoms with Gasteiger partial charge in [-0.15, -0.1) is 18.2 Å². The maximum Gasteiger partial charge on any atom is 0.152 e. The van der Waals surface area contributed by atoms with Gasteiger partial charge in [-0.05, 0) is 30.4 Å². The van der Waals surface area contributed by atoms with Crippen LogP contribution in [0.1, 0.15) is 38.3 Å². The molecule has 0 aliphatic carbocycles. The van der Waals surface area contributed by atoms with Gasteiger partial charge >= 0.3 is 0 Å². The minimum Gasteiger partial charge on any atom is -0.490 e. The van der Waals surface area contributed by atoms with Gasteiger partial charge in [0, 0.05) is 12.1 Å². The van der Waals surface area contributed by atoms with Gasteiger partial charge in [0.15, 0.2) is 6.17 Å². The molecule has 0 radical (unpaired) electrons. The van der Waals surface area contributed by atoms with E-state index < -0.39 is 42.1 Å². The molecule has 3 unspecified atom stereocenters. The molecular weight excluding hydrogens is 451 g/mol. The van der Waals surface area contributed by atoms with Gasteiger partial charge in [-0.1, -0.05) is 50.3 Å². The highest BCUT2D eigenvalue weighted by molar-refractivity contribution is 6.23. The number of alkyl halides is 2. The van der Waals surface area contributed by atoms with Crippen molar-refractivity contribution in [3.8, 4) is 5.75 Å². The minimum absolute atomic E-state index is 0.0337. The lowest BCUT2D eigenvalue weighted by atomic mass is 9.75. The smallest absolute Gasteiger partial charge is 0.152 e. The number of halogens is 4. The Morgan fingerprint density at radius 2 is 1.85 bits per heavy atom. The number of aliphatic hydroxyl groups excluding tert-OH is 1. The number of allylic oxidation sites excluding steroid dienone is 1. The van der Waals surface area contributed by atoms with E-state index in [2.05, 4.69) is 6.58 Å². The predicted molar refractivity (Wildman–Crippen MR) is 127 cm³/mol. The van der Waals surface area contributed by atoms with E-state index in [4.69, 9.17) is 16.3 Å². The molecule has 1 aliphatic rings. The molecular formula is C26H29ClF3NO2. The Morgan fingerprint density at radius 3 is 2.36 bits per heavy atom. The van der Waals surface area contributed by atoms with Crippen LogP contribution in [-0.2, 0) is 0 Å². The van der Waals surface area contributed by atoms with Gasteiger partial charge in [0.05, 0.1) is 22.2 Å². The summed E-state index contributed by atoms with van der Waals surface area (Å²) in [4.78, 5) is 1.58. The molecule has 178 valence electrons. The van der Waals surface area contributed by atoms with E-state index >= 15 is 8.78 Å². The molecule has 33 heavy (non-hydrogen) atoms. The summed E-state index contributed by atoms with van der Waals surface area (Å²) in [7, 11) is 0. The molecule has 0 saturated heterocycles. The van der Waals surface area contributed by atoms with Crippen LogP contribution in [0.25, 0.3) is 11.3 Å². The van der Waals surface area contributed by atoms with Crippen LogP contribution in [0.2, 0.25) is 0 Å². The molecule has 1 aliphatic heterocycles. The van der Waals surface area contributed by atoms with E-state index in [1.54, 1.807) is 4.90 Å². The quantitative estimate of drug-likeness (QED) is 0.350.